The average Bonchev–Trinajstić information content (AvgIpc) is 2.87. The zero-order chi connectivity index (χ0) is 14.4. The van der Waals surface area contributed by atoms with Crippen LogP contribution in [0, 0.1) is 5.82 Å². The Morgan fingerprint density at radius 3 is 3.05 bits per heavy atom. The molecule has 4 rings (SSSR count). The molecule has 3 aromatic heterocycles. The summed E-state index contributed by atoms with van der Waals surface area (Å²) in [5.74, 6) is -0.140. The fraction of sp³-hybridized carbons (Fsp3) is 0.231. The molecule has 0 atom stereocenters. The van der Waals surface area contributed by atoms with Gasteiger partial charge in [-0.05, 0) is 17.7 Å². The minimum Gasteiger partial charge on any atom is -0.376 e. The van der Waals surface area contributed by atoms with Gasteiger partial charge in [0, 0.05) is 23.7 Å². The van der Waals surface area contributed by atoms with Crippen LogP contribution in [-0.2, 0) is 17.8 Å². The lowest BCUT2D eigenvalue weighted by molar-refractivity contribution is 0.111. The highest BCUT2D eigenvalue weighted by Crippen LogP contribution is 2.25. The highest BCUT2D eigenvalue weighted by molar-refractivity contribution is 6.28. The molecule has 0 spiro atoms. The van der Waals surface area contributed by atoms with E-state index in [1.807, 2.05) is 0 Å². The molecule has 0 aliphatic carbocycles. The van der Waals surface area contributed by atoms with Gasteiger partial charge in [-0.3, -0.25) is 4.98 Å². The topological polar surface area (TPSA) is 65.2 Å². The monoisotopic (exact) mass is 305 g/mol. The Balaban J connectivity index is 1.95. The van der Waals surface area contributed by atoms with E-state index in [9.17, 15) is 4.39 Å². The number of pyridine rings is 1. The summed E-state index contributed by atoms with van der Waals surface area (Å²) in [6.45, 7) is 1.07. The molecule has 0 unspecified atom stereocenters. The van der Waals surface area contributed by atoms with Crippen LogP contribution in [0.1, 0.15) is 11.3 Å². The van der Waals surface area contributed by atoms with E-state index in [4.69, 9.17) is 16.3 Å². The summed E-state index contributed by atoms with van der Waals surface area (Å²) in [4.78, 5) is 12.4. The van der Waals surface area contributed by atoms with Crippen LogP contribution in [-0.4, -0.2) is 31.2 Å². The van der Waals surface area contributed by atoms with E-state index in [1.165, 1.54) is 16.8 Å². The number of nitrogens with zero attached hydrogens (tertiary/aromatic N) is 5. The molecule has 0 saturated carbocycles. The van der Waals surface area contributed by atoms with Gasteiger partial charge < -0.3 is 4.74 Å². The van der Waals surface area contributed by atoms with Crippen molar-refractivity contribution < 1.29 is 9.13 Å². The maximum absolute atomic E-state index is 13.3. The van der Waals surface area contributed by atoms with Crippen LogP contribution in [0.2, 0.25) is 5.28 Å². The number of aromatic nitrogens is 5. The van der Waals surface area contributed by atoms with E-state index in [1.54, 1.807) is 0 Å². The van der Waals surface area contributed by atoms with Gasteiger partial charge in [-0.1, -0.05) is 0 Å². The first-order chi connectivity index (χ1) is 10.2. The minimum absolute atomic E-state index is 0.175. The zero-order valence-corrected chi connectivity index (χ0v) is 11.5. The molecular weight excluding hydrogens is 297 g/mol. The first-order valence-corrected chi connectivity index (χ1v) is 6.73. The quantitative estimate of drug-likeness (QED) is 0.688. The molecule has 0 fully saturated rings. The largest absolute Gasteiger partial charge is 0.376 e. The highest BCUT2D eigenvalue weighted by Gasteiger charge is 2.21. The molecule has 8 heteroatoms. The van der Waals surface area contributed by atoms with Crippen LogP contribution >= 0.6 is 11.6 Å². The number of halogens is 2. The summed E-state index contributed by atoms with van der Waals surface area (Å²) in [6, 6.07) is 1.31. The van der Waals surface area contributed by atoms with E-state index < -0.39 is 5.82 Å². The van der Waals surface area contributed by atoms with Gasteiger partial charge in [0.05, 0.1) is 25.1 Å². The fourth-order valence-electron chi connectivity index (χ4n) is 2.34. The molecule has 0 radical (unpaired) electrons. The molecule has 1 aliphatic heterocycles. The number of hydrogen-bond acceptors (Lipinski definition) is 5. The van der Waals surface area contributed by atoms with Crippen LogP contribution in [0.4, 0.5) is 4.39 Å². The third-order valence-corrected chi connectivity index (χ3v) is 3.56. The summed E-state index contributed by atoms with van der Waals surface area (Å²) < 4.78 is 20.2. The maximum Gasteiger partial charge on any atom is 0.227 e. The lowest BCUT2D eigenvalue weighted by Gasteiger charge is -2.09. The third kappa shape index (κ3) is 2.05. The zero-order valence-electron chi connectivity index (χ0n) is 10.8. The van der Waals surface area contributed by atoms with Gasteiger partial charge in [-0.15, -0.1) is 0 Å². The Kier molecular flexibility index (Phi) is 2.83. The van der Waals surface area contributed by atoms with Crippen molar-refractivity contribution in [1.82, 2.24) is 24.6 Å². The number of rotatable bonds is 1. The Morgan fingerprint density at radius 2 is 2.19 bits per heavy atom. The van der Waals surface area contributed by atoms with Gasteiger partial charge in [0.2, 0.25) is 5.28 Å². The Bertz CT molecular complexity index is 850. The lowest BCUT2D eigenvalue weighted by atomic mass is 10.1. The third-order valence-electron chi connectivity index (χ3n) is 3.32. The summed E-state index contributed by atoms with van der Waals surface area (Å²) >= 11 is 6.17. The molecule has 3 aromatic rings. The van der Waals surface area contributed by atoms with Crippen molar-refractivity contribution in [2.45, 2.75) is 13.0 Å². The van der Waals surface area contributed by atoms with Crippen molar-refractivity contribution in [3.63, 3.8) is 0 Å². The van der Waals surface area contributed by atoms with Crippen molar-refractivity contribution >= 4 is 17.2 Å². The maximum atomic E-state index is 13.3. The van der Waals surface area contributed by atoms with Crippen LogP contribution in [0.5, 0.6) is 0 Å². The van der Waals surface area contributed by atoms with E-state index >= 15 is 0 Å². The Morgan fingerprint density at radius 1 is 1.29 bits per heavy atom. The van der Waals surface area contributed by atoms with Gasteiger partial charge >= 0.3 is 0 Å². The Hall–Kier alpha value is -2.12. The predicted molar refractivity (Wildman–Crippen MR) is 72.3 cm³/mol. The van der Waals surface area contributed by atoms with E-state index in [0.29, 0.717) is 36.7 Å². The normalized spacial score (nSPS) is 14.4. The number of hydrogen-bond donors (Lipinski definition) is 0. The molecule has 1 aliphatic rings. The molecule has 6 nitrogen and oxygen atoms in total. The number of ether oxygens (including phenoxy) is 1. The fourth-order valence-corrected chi connectivity index (χ4v) is 2.54. The molecule has 21 heavy (non-hydrogen) atoms. The molecule has 106 valence electrons. The van der Waals surface area contributed by atoms with Crippen molar-refractivity contribution in [1.29, 1.82) is 0 Å². The van der Waals surface area contributed by atoms with Crippen LogP contribution in [0.15, 0.2) is 18.5 Å². The van der Waals surface area contributed by atoms with Crippen molar-refractivity contribution in [3.05, 3.63) is 40.8 Å². The van der Waals surface area contributed by atoms with Crippen molar-refractivity contribution in [2.24, 2.45) is 0 Å². The summed E-state index contributed by atoms with van der Waals surface area (Å²) in [5.41, 5.74) is 2.86. The smallest absolute Gasteiger partial charge is 0.227 e. The summed E-state index contributed by atoms with van der Waals surface area (Å²) in [6.07, 6.45) is 3.33. The summed E-state index contributed by atoms with van der Waals surface area (Å²) in [5, 5.41) is 4.57. The minimum atomic E-state index is -0.453. The second-order valence-electron chi connectivity index (χ2n) is 4.67. The predicted octanol–water partition coefficient (Wildman–Crippen LogP) is 2.05. The molecule has 0 N–H and O–H groups in total. The number of fused-ring (bicyclic) bond motifs is 3. The second kappa shape index (κ2) is 4.71. The molecule has 0 bridgehead atoms. The van der Waals surface area contributed by atoms with E-state index in [0.717, 1.165) is 17.5 Å². The molecule has 4 heterocycles. The average molecular weight is 306 g/mol. The van der Waals surface area contributed by atoms with Gasteiger partial charge in [0.1, 0.15) is 5.82 Å². The second-order valence-corrected chi connectivity index (χ2v) is 5.01. The highest BCUT2D eigenvalue weighted by atomic mass is 35.5. The van der Waals surface area contributed by atoms with Crippen LogP contribution < -0.4 is 0 Å². The SMILES string of the molecule is Fc1cncc(-c2nc(Cl)n3nc4c(c3n2)COCC4)c1. The van der Waals surface area contributed by atoms with Crippen molar-refractivity contribution in [2.75, 3.05) is 6.61 Å². The molecular formula is C13H9ClFN5O. The standard InChI is InChI=1S/C13H9ClFN5O/c14-13-18-11(7-3-8(15)5-16-4-7)17-12-9-6-21-2-1-10(9)19-20(12)13/h3-5H,1-2,6H2. The molecule has 0 aromatic carbocycles. The molecule has 0 amide bonds. The van der Waals surface area contributed by atoms with Gasteiger partial charge in [0.25, 0.3) is 0 Å². The van der Waals surface area contributed by atoms with E-state index in [2.05, 4.69) is 20.1 Å². The molecule has 0 saturated heterocycles. The van der Waals surface area contributed by atoms with Crippen LogP contribution in [0.3, 0.4) is 0 Å². The first kappa shape index (κ1) is 12.6. The van der Waals surface area contributed by atoms with Crippen LogP contribution in [0.25, 0.3) is 17.0 Å². The lowest BCUT2D eigenvalue weighted by Crippen LogP contribution is -2.08. The van der Waals surface area contributed by atoms with Gasteiger partial charge in [0.15, 0.2) is 11.5 Å². The summed E-state index contributed by atoms with van der Waals surface area (Å²) in [7, 11) is 0. The first-order valence-electron chi connectivity index (χ1n) is 6.35. The van der Waals surface area contributed by atoms with Crippen molar-refractivity contribution in [3.8, 4) is 11.4 Å². The van der Waals surface area contributed by atoms with E-state index in [-0.39, 0.29) is 5.28 Å². The Labute approximate surface area is 123 Å². The van der Waals surface area contributed by atoms with Gasteiger partial charge in [-0.25, -0.2) is 9.37 Å². The van der Waals surface area contributed by atoms with Gasteiger partial charge in [-0.2, -0.15) is 14.6 Å².